The Hall–Kier alpha value is -0.0800. The largest absolute Gasteiger partial charge is 0.299 e. The molecule has 2 heteroatoms. The Morgan fingerprint density at radius 2 is 1.53 bits per heavy atom. The topological polar surface area (TPSA) is 12.2 Å². The molecule has 0 bridgehead atoms. The molecule has 15 heavy (non-hydrogen) atoms. The molecule has 0 aromatic heterocycles. The molecule has 1 rings (SSSR count). The first-order chi connectivity index (χ1) is 7.34. The predicted octanol–water partition coefficient (Wildman–Crippen LogP) is 3.76. The van der Waals surface area contributed by atoms with Gasteiger partial charge in [0.25, 0.3) is 0 Å². The molecule has 2 unspecified atom stereocenters. The van der Waals surface area contributed by atoms with Crippen molar-refractivity contribution >= 4 is 0 Å². The Labute approximate surface area is 94.9 Å². The normalized spacial score (nSPS) is 24.4. The van der Waals surface area contributed by atoms with Gasteiger partial charge in [0.05, 0.1) is 6.61 Å². The molecule has 90 valence electrons. The second-order valence-corrected chi connectivity index (χ2v) is 4.76. The molecule has 1 aliphatic heterocycles. The highest BCUT2D eigenvalue weighted by Crippen LogP contribution is 2.16. The van der Waals surface area contributed by atoms with Crippen molar-refractivity contribution in [3.63, 3.8) is 0 Å². The van der Waals surface area contributed by atoms with Gasteiger partial charge in [-0.2, -0.15) is 5.06 Å². The summed E-state index contributed by atoms with van der Waals surface area (Å²) in [6.07, 6.45) is 11.0. The molecule has 0 aromatic rings. The quantitative estimate of drug-likeness (QED) is 0.404. The fraction of sp³-hybridized carbons (Fsp3) is 1.00. The molecule has 1 fully saturated rings. The van der Waals surface area contributed by atoms with Crippen molar-refractivity contribution in [1.82, 2.24) is 5.06 Å². The van der Waals surface area contributed by atoms with E-state index in [1.807, 2.05) is 0 Å². The van der Waals surface area contributed by atoms with E-state index in [0.717, 1.165) is 13.2 Å². The molecule has 1 saturated heterocycles. The van der Waals surface area contributed by atoms with Crippen molar-refractivity contribution in [2.24, 2.45) is 0 Å². The van der Waals surface area contributed by atoms with Crippen LogP contribution in [0.1, 0.15) is 65.2 Å². The maximum absolute atomic E-state index is 5.54. The molecule has 0 N–H and O–H groups in total. The van der Waals surface area contributed by atoms with Gasteiger partial charge in [0, 0.05) is 12.6 Å². The summed E-state index contributed by atoms with van der Waals surface area (Å²) in [5.41, 5.74) is 0. The number of hydrogen-bond acceptors (Lipinski definition) is 2. The Morgan fingerprint density at radius 3 is 2.07 bits per heavy atom. The smallest absolute Gasteiger partial charge is 0.0685 e. The van der Waals surface area contributed by atoms with Gasteiger partial charge in [0.2, 0.25) is 0 Å². The Bertz CT molecular complexity index is 149. The van der Waals surface area contributed by atoms with Crippen molar-refractivity contribution in [3.05, 3.63) is 0 Å². The Morgan fingerprint density at radius 1 is 1.00 bits per heavy atom. The SMILES string of the molecule is CCCCCCCCCCON1CC1C. The predicted molar refractivity (Wildman–Crippen MR) is 64.7 cm³/mol. The van der Waals surface area contributed by atoms with Crippen molar-refractivity contribution in [2.45, 2.75) is 71.3 Å². The summed E-state index contributed by atoms with van der Waals surface area (Å²) in [5.74, 6) is 0. The third-order valence-electron chi connectivity index (χ3n) is 3.06. The highest BCUT2D eigenvalue weighted by molar-refractivity contribution is 4.76. The first kappa shape index (κ1) is 13.0. The number of nitrogens with zero attached hydrogens (tertiary/aromatic N) is 1. The van der Waals surface area contributed by atoms with Crippen LogP contribution < -0.4 is 0 Å². The molecule has 2 atom stereocenters. The highest BCUT2D eigenvalue weighted by Gasteiger charge is 2.29. The van der Waals surface area contributed by atoms with E-state index < -0.39 is 0 Å². The van der Waals surface area contributed by atoms with Crippen LogP contribution in [0.5, 0.6) is 0 Å². The van der Waals surface area contributed by atoms with Crippen LogP contribution in [0.4, 0.5) is 0 Å². The molecule has 1 heterocycles. The molecule has 0 saturated carbocycles. The van der Waals surface area contributed by atoms with Gasteiger partial charge in [-0.1, -0.05) is 51.9 Å². The minimum absolute atomic E-state index is 0.680. The monoisotopic (exact) mass is 213 g/mol. The summed E-state index contributed by atoms with van der Waals surface area (Å²) in [5, 5.41) is 2.07. The minimum atomic E-state index is 0.680. The standard InChI is InChI=1S/C13H27NO/c1-3-4-5-6-7-8-9-10-11-15-14-12-13(14)2/h13H,3-12H2,1-2H3. The zero-order valence-corrected chi connectivity index (χ0v) is 10.5. The van der Waals surface area contributed by atoms with Gasteiger partial charge < -0.3 is 0 Å². The van der Waals surface area contributed by atoms with Crippen LogP contribution in [0.3, 0.4) is 0 Å². The van der Waals surface area contributed by atoms with Crippen molar-refractivity contribution in [3.8, 4) is 0 Å². The highest BCUT2D eigenvalue weighted by atomic mass is 16.7. The van der Waals surface area contributed by atoms with E-state index in [1.165, 1.54) is 51.4 Å². The molecule has 1 aliphatic rings. The second kappa shape index (κ2) is 8.12. The molecule has 0 spiro atoms. The van der Waals surface area contributed by atoms with Crippen LogP contribution >= 0.6 is 0 Å². The second-order valence-electron chi connectivity index (χ2n) is 4.76. The first-order valence-corrected chi connectivity index (χ1v) is 6.74. The number of hydroxylamine groups is 2. The first-order valence-electron chi connectivity index (χ1n) is 6.74. The zero-order valence-electron chi connectivity index (χ0n) is 10.5. The van der Waals surface area contributed by atoms with Crippen LogP contribution in [0.2, 0.25) is 0 Å². The van der Waals surface area contributed by atoms with Crippen LogP contribution in [0.25, 0.3) is 0 Å². The average Bonchev–Trinajstić information content (AvgIpc) is 2.92. The van der Waals surface area contributed by atoms with Gasteiger partial charge in [0.1, 0.15) is 0 Å². The lowest BCUT2D eigenvalue weighted by molar-refractivity contribution is -0.0751. The number of unbranched alkanes of at least 4 members (excludes halogenated alkanes) is 7. The lowest BCUT2D eigenvalue weighted by Gasteiger charge is -2.04. The summed E-state index contributed by atoms with van der Waals surface area (Å²) in [6, 6.07) is 0.680. The minimum Gasteiger partial charge on any atom is -0.299 e. The van der Waals surface area contributed by atoms with E-state index in [1.54, 1.807) is 0 Å². The fourth-order valence-corrected chi connectivity index (χ4v) is 1.81. The third kappa shape index (κ3) is 6.91. The number of rotatable bonds is 10. The summed E-state index contributed by atoms with van der Waals surface area (Å²) in [4.78, 5) is 5.54. The average molecular weight is 213 g/mol. The molecule has 0 aromatic carbocycles. The molecule has 0 amide bonds. The summed E-state index contributed by atoms with van der Waals surface area (Å²) < 4.78 is 0. The molecule has 2 nitrogen and oxygen atoms in total. The summed E-state index contributed by atoms with van der Waals surface area (Å²) in [6.45, 7) is 6.54. The van der Waals surface area contributed by atoms with E-state index in [-0.39, 0.29) is 0 Å². The Kier molecular flexibility index (Phi) is 7.03. The Balaban J connectivity index is 1.66. The van der Waals surface area contributed by atoms with Gasteiger partial charge in [-0.3, -0.25) is 4.84 Å². The van der Waals surface area contributed by atoms with E-state index in [0.29, 0.717) is 6.04 Å². The van der Waals surface area contributed by atoms with Crippen LogP contribution in [-0.4, -0.2) is 24.3 Å². The molecular formula is C13H27NO. The lowest BCUT2D eigenvalue weighted by atomic mass is 10.1. The van der Waals surface area contributed by atoms with E-state index in [9.17, 15) is 0 Å². The maximum atomic E-state index is 5.54. The van der Waals surface area contributed by atoms with E-state index in [2.05, 4.69) is 18.9 Å². The zero-order chi connectivity index (χ0) is 10.9. The molecule has 0 aliphatic carbocycles. The summed E-state index contributed by atoms with van der Waals surface area (Å²) >= 11 is 0. The fourth-order valence-electron chi connectivity index (χ4n) is 1.81. The van der Waals surface area contributed by atoms with Gasteiger partial charge in [-0.05, 0) is 13.3 Å². The third-order valence-corrected chi connectivity index (χ3v) is 3.06. The molecular weight excluding hydrogens is 186 g/mol. The number of hydrogen-bond donors (Lipinski definition) is 0. The lowest BCUT2D eigenvalue weighted by Crippen LogP contribution is -2.03. The van der Waals surface area contributed by atoms with Gasteiger partial charge >= 0.3 is 0 Å². The molecule has 0 radical (unpaired) electrons. The van der Waals surface area contributed by atoms with Crippen LogP contribution in [0, 0.1) is 0 Å². The summed E-state index contributed by atoms with van der Waals surface area (Å²) in [7, 11) is 0. The van der Waals surface area contributed by atoms with Gasteiger partial charge in [-0.15, -0.1) is 0 Å². The maximum Gasteiger partial charge on any atom is 0.0685 e. The van der Waals surface area contributed by atoms with Crippen molar-refractivity contribution < 1.29 is 4.84 Å². The van der Waals surface area contributed by atoms with Crippen molar-refractivity contribution in [1.29, 1.82) is 0 Å². The van der Waals surface area contributed by atoms with Crippen molar-refractivity contribution in [2.75, 3.05) is 13.2 Å². The van der Waals surface area contributed by atoms with E-state index in [4.69, 9.17) is 4.84 Å². The van der Waals surface area contributed by atoms with Gasteiger partial charge in [0.15, 0.2) is 0 Å². The van der Waals surface area contributed by atoms with Crippen LogP contribution in [0.15, 0.2) is 0 Å². The van der Waals surface area contributed by atoms with Gasteiger partial charge in [-0.25, -0.2) is 0 Å². The van der Waals surface area contributed by atoms with Crippen LogP contribution in [-0.2, 0) is 4.84 Å². The van der Waals surface area contributed by atoms with E-state index >= 15 is 0 Å².